The molecule has 0 saturated carbocycles. The highest BCUT2D eigenvalue weighted by Gasteiger charge is 2.11. The summed E-state index contributed by atoms with van der Waals surface area (Å²) < 4.78 is 26.6. The lowest BCUT2D eigenvalue weighted by molar-refractivity contribution is 0.572. The molecule has 3 heteroatoms. The minimum Gasteiger partial charge on any atom is -0.324 e. The first kappa shape index (κ1) is 12.7. The maximum absolute atomic E-state index is 13.5. The smallest absolute Gasteiger partial charge is 0.126 e. The SMILES string of the molecule is Cc1cccc([C@@H](N)Cc2cc(F)ccc2F)c1. The molecule has 0 bridgehead atoms. The van der Waals surface area contributed by atoms with Crippen molar-refractivity contribution in [2.45, 2.75) is 19.4 Å². The molecule has 18 heavy (non-hydrogen) atoms. The van der Waals surface area contributed by atoms with Crippen LogP contribution in [-0.4, -0.2) is 0 Å². The van der Waals surface area contributed by atoms with Crippen molar-refractivity contribution < 1.29 is 8.78 Å². The van der Waals surface area contributed by atoms with E-state index in [0.29, 0.717) is 5.56 Å². The normalized spacial score (nSPS) is 12.4. The van der Waals surface area contributed by atoms with Crippen LogP contribution in [0.5, 0.6) is 0 Å². The summed E-state index contributed by atoms with van der Waals surface area (Å²) in [5, 5.41) is 0. The van der Waals surface area contributed by atoms with Gasteiger partial charge in [0, 0.05) is 6.04 Å². The van der Waals surface area contributed by atoms with Crippen LogP contribution in [0.25, 0.3) is 0 Å². The van der Waals surface area contributed by atoms with E-state index in [9.17, 15) is 8.78 Å². The summed E-state index contributed by atoms with van der Waals surface area (Å²) in [7, 11) is 0. The summed E-state index contributed by atoms with van der Waals surface area (Å²) in [4.78, 5) is 0. The molecule has 0 unspecified atom stereocenters. The van der Waals surface area contributed by atoms with Crippen LogP contribution in [0, 0.1) is 18.6 Å². The van der Waals surface area contributed by atoms with Gasteiger partial charge in [0.1, 0.15) is 11.6 Å². The van der Waals surface area contributed by atoms with Gasteiger partial charge in [0.05, 0.1) is 0 Å². The summed E-state index contributed by atoms with van der Waals surface area (Å²) in [6.07, 6.45) is 0.285. The Labute approximate surface area is 105 Å². The van der Waals surface area contributed by atoms with E-state index in [1.54, 1.807) is 0 Å². The second-order valence-electron chi connectivity index (χ2n) is 4.46. The van der Waals surface area contributed by atoms with Crippen molar-refractivity contribution in [1.29, 1.82) is 0 Å². The topological polar surface area (TPSA) is 26.0 Å². The number of aryl methyl sites for hydroxylation is 1. The Kier molecular flexibility index (Phi) is 3.72. The standard InChI is InChI=1S/C15H15F2N/c1-10-3-2-4-11(7-10)15(18)9-12-8-13(16)5-6-14(12)17/h2-8,15H,9,18H2,1H3/t15-/m0/s1. The Balaban J connectivity index is 2.21. The molecule has 0 amide bonds. The summed E-state index contributed by atoms with van der Waals surface area (Å²) in [6, 6.07) is 10.8. The van der Waals surface area contributed by atoms with Gasteiger partial charge in [-0.25, -0.2) is 8.78 Å². The Hall–Kier alpha value is -1.74. The molecule has 1 nitrogen and oxygen atoms in total. The van der Waals surface area contributed by atoms with Crippen LogP contribution < -0.4 is 5.73 Å². The second-order valence-corrected chi connectivity index (χ2v) is 4.46. The number of nitrogens with two attached hydrogens (primary N) is 1. The van der Waals surface area contributed by atoms with Crippen LogP contribution >= 0.6 is 0 Å². The van der Waals surface area contributed by atoms with Crippen LogP contribution in [0.15, 0.2) is 42.5 Å². The average Bonchev–Trinajstić information content (AvgIpc) is 2.34. The molecule has 1 atom stereocenters. The van der Waals surface area contributed by atoms with Gasteiger partial charge in [-0.15, -0.1) is 0 Å². The second kappa shape index (κ2) is 5.27. The molecule has 94 valence electrons. The summed E-state index contributed by atoms with van der Waals surface area (Å²) >= 11 is 0. The Morgan fingerprint density at radius 2 is 1.89 bits per heavy atom. The number of halogens is 2. The molecule has 0 fully saturated rings. The van der Waals surface area contributed by atoms with E-state index in [-0.39, 0.29) is 12.5 Å². The lowest BCUT2D eigenvalue weighted by atomic mass is 9.98. The van der Waals surface area contributed by atoms with E-state index in [1.807, 2.05) is 31.2 Å². The van der Waals surface area contributed by atoms with Gasteiger partial charge >= 0.3 is 0 Å². The van der Waals surface area contributed by atoms with E-state index in [0.717, 1.165) is 23.3 Å². The highest BCUT2D eigenvalue weighted by Crippen LogP contribution is 2.19. The van der Waals surface area contributed by atoms with E-state index in [2.05, 4.69) is 0 Å². The van der Waals surface area contributed by atoms with Crippen LogP contribution in [0.1, 0.15) is 22.7 Å². The average molecular weight is 247 g/mol. The molecular weight excluding hydrogens is 232 g/mol. The summed E-state index contributed by atoms with van der Waals surface area (Å²) in [6.45, 7) is 1.97. The minimum absolute atomic E-state index is 0.285. The Morgan fingerprint density at radius 3 is 2.61 bits per heavy atom. The lowest BCUT2D eigenvalue weighted by Crippen LogP contribution is -2.14. The third-order valence-corrected chi connectivity index (χ3v) is 2.92. The molecule has 0 aliphatic heterocycles. The highest BCUT2D eigenvalue weighted by atomic mass is 19.1. The van der Waals surface area contributed by atoms with Crippen molar-refractivity contribution in [2.24, 2.45) is 5.73 Å². The predicted molar refractivity (Wildman–Crippen MR) is 68.2 cm³/mol. The van der Waals surface area contributed by atoms with E-state index in [1.165, 1.54) is 6.07 Å². The van der Waals surface area contributed by atoms with Gasteiger partial charge in [-0.1, -0.05) is 29.8 Å². The van der Waals surface area contributed by atoms with E-state index < -0.39 is 11.6 Å². The van der Waals surface area contributed by atoms with Crippen LogP contribution in [-0.2, 0) is 6.42 Å². The third kappa shape index (κ3) is 2.93. The molecule has 0 saturated heterocycles. The van der Waals surface area contributed by atoms with Crippen molar-refractivity contribution in [3.05, 3.63) is 70.8 Å². The highest BCUT2D eigenvalue weighted by molar-refractivity contribution is 5.28. The van der Waals surface area contributed by atoms with E-state index in [4.69, 9.17) is 5.73 Å². The molecular formula is C15H15F2N. The first-order valence-corrected chi connectivity index (χ1v) is 5.82. The first-order chi connectivity index (χ1) is 8.56. The van der Waals surface area contributed by atoms with Crippen molar-refractivity contribution in [2.75, 3.05) is 0 Å². The fourth-order valence-electron chi connectivity index (χ4n) is 1.96. The quantitative estimate of drug-likeness (QED) is 0.882. The molecule has 0 aromatic heterocycles. The maximum atomic E-state index is 13.5. The fourth-order valence-corrected chi connectivity index (χ4v) is 1.96. The molecule has 2 N–H and O–H groups in total. The predicted octanol–water partition coefficient (Wildman–Crippen LogP) is 3.52. The van der Waals surface area contributed by atoms with Gasteiger partial charge in [0.2, 0.25) is 0 Å². The van der Waals surface area contributed by atoms with Gasteiger partial charge in [0.15, 0.2) is 0 Å². The zero-order valence-electron chi connectivity index (χ0n) is 10.2. The van der Waals surface area contributed by atoms with Gasteiger partial charge in [-0.2, -0.15) is 0 Å². The first-order valence-electron chi connectivity index (χ1n) is 5.82. The molecule has 0 spiro atoms. The molecule has 0 heterocycles. The van der Waals surface area contributed by atoms with E-state index >= 15 is 0 Å². The zero-order chi connectivity index (χ0) is 13.1. The maximum Gasteiger partial charge on any atom is 0.126 e. The molecule has 0 aliphatic rings. The van der Waals surface area contributed by atoms with Gasteiger partial charge in [0.25, 0.3) is 0 Å². The van der Waals surface area contributed by atoms with Crippen molar-refractivity contribution >= 4 is 0 Å². The number of benzene rings is 2. The third-order valence-electron chi connectivity index (χ3n) is 2.92. The molecule has 2 aromatic carbocycles. The molecule has 0 aliphatic carbocycles. The number of hydrogen-bond acceptors (Lipinski definition) is 1. The van der Waals surface area contributed by atoms with Crippen LogP contribution in [0.3, 0.4) is 0 Å². The monoisotopic (exact) mass is 247 g/mol. The number of hydrogen-bond donors (Lipinski definition) is 1. The summed E-state index contributed by atoms with van der Waals surface area (Å²) in [5.74, 6) is -0.859. The fraction of sp³-hybridized carbons (Fsp3) is 0.200. The van der Waals surface area contributed by atoms with Gasteiger partial charge in [-0.3, -0.25) is 0 Å². The van der Waals surface area contributed by atoms with Crippen molar-refractivity contribution in [1.82, 2.24) is 0 Å². The summed E-state index contributed by atoms with van der Waals surface area (Å²) in [5.41, 5.74) is 8.36. The van der Waals surface area contributed by atoms with Gasteiger partial charge in [-0.05, 0) is 42.7 Å². The molecule has 2 aromatic rings. The van der Waals surface area contributed by atoms with Crippen molar-refractivity contribution in [3.8, 4) is 0 Å². The lowest BCUT2D eigenvalue weighted by Gasteiger charge is -2.13. The Bertz CT molecular complexity index is 552. The molecule has 0 radical (unpaired) electrons. The molecule has 2 rings (SSSR count). The largest absolute Gasteiger partial charge is 0.324 e. The Morgan fingerprint density at radius 1 is 1.11 bits per heavy atom. The van der Waals surface area contributed by atoms with Crippen molar-refractivity contribution in [3.63, 3.8) is 0 Å². The number of rotatable bonds is 3. The minimum atomic E-state index is -0.442. The zero-order valence-corrected chi connectivity index (χ0v) is 10.2. The van der Waals surface area contributed by atoms with Crippen LogP contribution in [0.4, 0.5) is 8.78 Å². The van der Waals surface area contributed by atoms with Crippen LogP contribution in [0.2, 0.25) is 0 Å². The van der Waals surface area contributed by atoms with Gasteiger partial charge < -0.3 is 5.73 Å².